The van der Waals surface area contributed by atoms with E-state index in [0.29, 0.717) is 30.5 Å². The molecule has 4 N–H and O–H groups in total. The number of rotatable bonds is 4. The summed E-state index contributed by atoms with van der Waals surface area (Å²) in [6.45, 7) is 0. The first-order valence-electron chi connectivity index (χ1n) is 8.20. The third-order valence-electron chi connectivity index (χ3n) is 5.02. The summed E-state index contributed by atoms with van der Waals surface area (Å²) >= 11 is 0. The van der Waals surface area contributed by atoms with Crippen LogP contribution < -0.4 is 10.6 Å². The van der Waals surface area contributed by atoms with Crippen molar-refractivity contribution >= 4 is 23.6 Å². The van der Waals surface area contributed by atoms with Gasteiger partial charge in [0.05, 0.1) is 11.5 Å². The third kappa shape index (κ3) is 2.59. The van der Waals surface area contributed by atoms with Crippen molar-refractivity contribution in [3.8, 4) is 11.5 Å². The molecule has 6 nitrogen and oxygen atoms in total. The van der Waals surface area contributed by atoms with Crippen molar-refractivity contribution in [1.82, 2.24) is 0 Å². The van der Waals surface area contributed by atoms with Crippen molar-refractivity contribution in [2.45, 2.75) is 30.7 Å². The summed E-state index contributed by atoms with van der Waals surface area (Å²) in [6.07, 6.45) is 2.89. The van der Waals surface area contributed by atoms with E-state index in [4.69, 9.17) is 0 Å². The molecule has 128 valence electrons. The minimum atomic E-state index is -0.659. The van der Waals surface area contributed by atoms with Gasteiger partial charge < -0.3 is 25.6 Å². The number of hydrogen-bond acceptors (Lipinski definition) is 5. The molecule has 25 heavy (non-hydrogen) atoms. The Labute approximate surface area is 144 Å². The van der Waals surface area contributed by atoms with Gasteiger partial charge in [-0.05, 0) is 54.3 Å². The third-order valence-corrected chi connectivity index (χ3v) is 5.02. The number of carbonyl (C=O) groups excluding carboxylic acids is 2. The van der Waals surface area contributed by atoms with Gasteiger partial charge in [-0.25, -0.2) is 0 Å². The van der Waals surface area contributed by atoms with Crippen LogP contribution in [0.1, 0.15) is 24.0 Å². The molecule has 0 radical (unpaired) electrons. The molecule has 0 aromatic heterocycles. The van der Waals surface area contributed by atoms with Gasteiger partial charge >= 0.3 is 0 Å². The monoisotopic (exact) mass is 338 g/mol. The number of aromatic hydroxyl groups is 2. The zero-order valence-electron chi connectivity index (χ0n) is 13.5. The van der Waals surface area contributed by atoms with Crippen LogP contribution in [0.4, 0.5) is 11.4 Å². The van der Waals surface area contributed by atoms with E-state index in [1.165, 1.54) is 12.1 Å². The maximum Gasteiger partial charge on any atom is 0.235 e. The molecule has 1 fully saturated rings. The van der Waals surface area contributed by atoms with Crippen LogP contribution in [0.5, 0.6) is 11.5 Å². The summed E-state index contributed by atoms with van der Waals surface area (Å²) < 4.78 is 0. The molecule has 0 bridgehead atoms. The number of carbonyl (C=O) groups is 2. The maximum absolute atomic E-state index is 12.8. The van der Waals surface area contributed by atoms with Crippen molar-refractivity contribution < 1.29 is 19.8 Å². The summed E-state index contributed by atoms with van der Waals surface area (Å²) in [5.41, 5.74) is 2.64. The zero-order chi connectivity index (χ0) is 17.6. The second kappa shape index (κ2) is 5.51. The second-order valence-corrected chi connectivity index (χ2v) is 6.70. The normalized spacial score (nSPS) is 19.6. The minimum absolute atomic E-state index is 0.129. The molecule has 1 aliphatic heterocycles. The van der Waals surface area contributed by atoms with E-state index in [-0.39, 0.29) is 23.4 Å². The van der Waals surface area contributed by atoms with Crippen LogP contribution in [0.25, 0.3) is 0 Å². The lowest BCUT2D eigenvalue weighted by Crippen LogP contribution is -2.27. The van der Waals surface area contributed by atoms with E-state index in [9.17, 15) is 19.8 Å². The Bertz CT molecular complexity index is 874. The highest BCUT2D eigenvalue weighted by Crippen LogP contribution is 2.50. The Kier molecular flexibility index (Phi) is 3.42. The van der Waals surface area contributed by atoms with Gasteiger partial charge in [-0.15, -0.1) is 0 Å². The average Bonchev–Trinajstić information content (AvgIpc) is 3.31. The summed E-state index contributed by atoms with van der Waals surface area (Å²) in [5.74, 6) is -0.550. The SMILES string of the molecule is O=CC1Cc2cc(NC(=O)C3(c4ccc(O)c(O)c4)CC3)ccc2N1. The first-order valence-corrected chi connectivity index (χ1v) is 8.20. The molecule has 1 unspecified atom stereocenters. The lowest BCUT2D eigenvalue weighted by atomic mass is 9.94. The predicted molar refractivity (Wildman–Crippen MR) is 92.9 cm³/mol. The fourth-order valence-electron chi connectivity index (χ4n) is 3.39. The summed E-state index contributed by atoms with van der Waals surface area (Å²) in [7, 11) is 0. The number of phenolic OH excluding ortho intramolecular Hbond substituents is 2. The minimum Gasteiger partial charge on any atom is -0.504 e. The molecule has 1 atom stereocenters. The lowest BCUT2D eigenvalue weighted by Gasteiger charge is -2.17. The smallest absolute Gasteiger partial charge is 0.235 e. The van der Waals surface area contributed by atoms with Gasteiger partial charge in [-0.2, -0.15) is 0 Å². The lowest BCUT2D eigenvalue weighted by molar-refractivity contribution is -0.118. The van der Waals surface area contributed by atoms with Gasteiger partial charge in [-0.1, -0.05) is 6.07 Å². The number of hydrogen-bond donors (Lipinski definition) is 4. The molecule has 0 saturated heterocycles. The van der Waals surface area contributed by atoms with Gasteiger partial charge in [0.1, 0.15) is 6.29 Å². The Morgan fingerprint density at radius 1 is 1.16 bits per heavy atom. The quantitative estimate of drug-likeness (QED) is 0.506. The van der Waals surface area contributed by atoms with Crippen molar-refractivity contribution in [1.29, 1.82) is 0 Å². The standard InChI is InChI=1S/C19H18N2O4/c22-10-14-8-11-7-13(2-3-15(11)20-14)21-18(25)19(5-6-19)12-1-4-16(23)17(24)9-12/h1-4,7,9-10,14,20,23-24H,5-6,8H2,(H,21,25). The fourth-order valence-corrected chi connectivity index (χ4v) is 3.39. The van der Waals surface area contributed by atoms with Gasteiger partial charge in [0.15, 0.2) is 11.5 Å². The number of phenols is 2. The molecule has 6 heteroatoms. The van der Waals surface area contributed by atoms with Gasteiger partial charge in [0.2, 0.25) is 5.91 Å². The van der Waals surface area contributed by atoms with E-state index in [1.54, 1.807) is 12.1 Å². The van der Waals surface area contributed by atoms with E-state index in [2.05, 4.69) is 10.6 Å². The Morgan fingerprint density at radius 3 is 2.64 bits per heavy atom. The number of amides is 1. The molecular weight excluding hydrogens is 320 g/mol. The number of anilines is 2. The predicted octanol–water partition coefficient (Wildman–Crippen LogP) is 2.30. The second-order valence-electron chi connectivity index (χ2n) is 6.70. The molecule has 2 aliphatic rings. The molecule has 1 aliphatic carbocycles. The summed E-state index contributed by atoms with van der Waals surface area (Å²) in [6, 6.07) is 9.86. The van der Waals surface area contributed by atoms with Crippen LogP contribution in [0.3, 0.4) is 0 Å². The van der Waals surface area contributed by atoms with Gasteiger partial charge in [0.25, 0.3) is 0 Å². The topological polar surface area (TPSA) is 98.7 Å². The largest absolute Gasteiger partial charge is 0.504 e. The molecule has 4 rings (SSSR count). The maximum atomic E-state index is 12.8. The van der Waals surface area contributed by atoms with Crippen LogP contribution in [0, 0.1) is 0 Å². The van der Waals surface area contributed by atoms with Crippen LogP contribution in [0.2, 0.25) is 0 Å². The van der Waals surface area contributed by atoms with E-state index in [1.807, 2.05) is 12.1 Å². The summed E-state index contributed by atoms with van der Waals surface area (Å²) in [5, 5.41) is 25.2. The highest BCUT2D eigenvalue weighted by molar-refractivity contribution is 6.01. The van der Waals surface area contributed by atoms with Crippen LogP contribution >= 0.6 is 0 Å². The van der Waals surface area contributed by atoms with Crippen LogP contribution in [0.15, 0.2) is 36.4 Å². The zero-order valence-corrected chi connectivity index (χ0v) is 13.5. The molecular formula is C19H18N2O4. The number of aldehydes is 1. The van der Waals surface area contributed by atoms with Crippen molar-refractivity contribution in [2.24, 2.45) is 0 Å². The molecule has 0 spiro atoms. The highest BCUT2D eigenvalue weighted by Gasteiger charge is 2.51. The molecule has 2 aromatic rings. The van der Waals surface area contributed by atoms with Crippen molar-refractivity contribution in [3.05, 3.63) is 47.5 Å². The van der Waals surface area contributed by atoms with Crippen LogP contribution in [-0.2, 0) is 21.4 Å². The fraction of sp³-hybridized carbons (Fsp3) is 0.263. The highest BCUT2D eigenvalue weighted by atomic mass is 16.3. The van der Waals surface area contributed by atoms with Crippen molar-refractivity contribution in [3.63, 3.8) is 0 Å². The van der Waals surface area contributed by atoms with E-state index < -0.39 is 5.41 Å². The van der Waals surface area contributed by atoms with E-state index >= 15 is 0 Å². The first kappa shape index (κ1) is 15.5. The molecule has 1 saturated carbocycles. The molecule has 2 aromatic carbocycles. The van der Waals surface area contributed by atoms with Crippen molar-refractivity contribution in [2.75, 3.05) is 10.6 Å². The first-order chi connectivity index (χ1) is 12.0. The summed E-state index contributed by atoms with van der Waals surface area (Å²) in [4.78, 5) is 23.7. The average molecular weight is 338 g/mol. The number of nitrogens with one attached hydrogen (secondary N) is 2. The Morgan fingerprint density at radius 2 is 1.96 bits per heavy atom. The number of fused-ring (bicyclic) bond motifs is 1. The van der Waals surface area contributed by atoms with E-state index in [0.717, 1.165) is 17.5 Å². The van der Waals surface area contributed by atoms with Crippen LogP contribution in [-0.4, -0.2) is 28.4 Å². The molecule has 1 heterocycles. The Hall–Kier alpha value is -3.02. The molecule has 1 amide bonds. The van der Waals surface area contributed by atoms with Gasteiger partial charge in [0, 0.05) is 17.8 Å². The Balaban J connectivity index is 1.54. The number of benzene rings is 2. The van der Waals surface area contributed by atoms with Gasteiger partial charge in [-0.3, -0.25) is 4.79 Å².